The van der Waals surface area contributed by atoms with Crippen LogP contribution in [0.3, 0.4) is 0 Å². The molecular weight excluding hydrogens is 315 g/mol. The molecule has 4 nitrogen and oxygen atoms in total. The summed E-state index contributed by atoms with van der Waals surface area (Å²) in [6.45, 7) is 0. The Labute approximate surface area is 130 Å². The van der Waals surface area contributed by atoms with Crippen molar-refractivity contribution in [2.24, 2.45) is 0 Å². The molecule has 0 aromatic heterocycles. The van der Waals surface area contributed by atoms with Gasteiger partial charge in [0.2, 0.25) is 0 Å². The number of halogens is 2. The fraction of sp³-hybridized carbons (Fsp3) is 0.0667. The maximum absolute atomic E-state index is 11.3. The number of hydrogen-bond donors (Lipinski definition) is 2. The molecule has 0 unspecified atom stereocenters. The van der Waals surface area contributed by atoms with Crippen LogP contribution in [0.5, 0.6) is 0 Å². The Hall–Kier alpha value is -2.04. The van der Waals surface area contributed by atoms with E-state index in [0.717, 1.165) is 11.6 Å². The van der Waals surface area contributed by atoms with Gasteiger partial charge in [-0.1, -0.05) is 35.3 Å². The first-order valence-corrected chi connectivity index (χ1v) is 6.67. The van der Waals surface area contributed by atoms with Crippen molar-refractivity contribution in [3.05, 3.63) is 68.7 Å². The lowest BCUT2D eigenvalue weighted by Gasteiger charge is -2.08. The summed E-state index contributed by atoms with van der Waals surface area (Å²) in [5.41, 5.74) is 1.19. The van der Waals surface area contributed by atoms with E-state index in [2.05, 4.69) is 0 Å². The van der Waals surface area contributed by atoms with E-state index >= 15 is 0 Å². The van der Waals surface area contributed by atoms with Crippen LogP contribution in [0.1, 0.15) is 31.8 Å². The second-order valence-corrected chi connectivity index (χ2v) is 5.22. The standard InChI is InChI=1S/C15H10Cl2O4/c16-12-4-1-8(6-13(12)17)5-9-2-3-10(14(18)19)7-11(9)15(20)21/h1-4,6-7H,5H2,(H,18,19)(H,20,21). The van der Waals surface area contributed by atoms with Crippen LogP contribution < -0.4 is 0 Å². The average molecular weight is 325 g/mol. The number of carbonyl (C=O) groups is 2. The van der Waals surface area contributed by atoms with Crippen LogP contribution in [0.15, 0.2) is 36.4 Å². The van der Waals surface area contributed by atoms with Crippen molar-refractivity contribution in [3.8, 4) is 0 Å². The zero-order chi connectivity index (χ0) is 15.6. The Morgan fingerprint density at radius 3 is 2.19 bits per heavy atom. The molecule has 0 aliphatic rings. The SMILES string of the molecule is O=C(O)c1ccc(Cc2ccc(Cl)c(Cl)c2)c(C(=O)O)c1. The molecule has 0 atom stereocenters. The average Bonchev–Trinajstić information content (AvgIpc) is 2.43. The van der Waals surface area contributed by atoms with Gasteiger partial charge in [0.15, 0.2) is 0 Å². The van der Waals surface area contributed by atoms with Gasteiger partial charge in [-0.2, -0.15) is 0 Å². The highest BCUT2D eigenvalue weighted by Crippen LogP contribution is 2.25. The molecule has 0 heterocycles. The van der Waals surface area contributed by atoms with Crippen LogP contribution in [-0.4, -0.2) is 22.2 Å². The third-order valence-corrected chi connectivity index (χ3v) is 3.70. The largest absolute Gasteiger partial charge is 0.478 e. The normalized spacial score (nSPS) is 10.4. The van der Waals surface area contributed by atoms with E-state index in [4.69, 9.17) is 28.3 Å². The summed E-state index contributed by atoms with van der Waals surface area (Å²) in [6, 6.07) is 9.05. The molecule has 0 saturated carbocycles. The minimum atomic E-state index is -1.17. The highest BCUT2D eigenvalue weighted by Gasteiger charge is 2.14. The van der Waals surface area contributed by atoms with Gasteiger partial charge >= 0.3 is 11.9 Å². The number of carboxylic acids is 2. The van der Waals surface area contributed by atoms with Crippen LogP contribution in [0.2, 0.25) is 10.0 Å². The molecule has 2 aromatic rings. The lowest BCUT2D eigenvalue weighted by Crippen LogP contribution is -2.06. The van der Waals surface area contributed by atoms with E-state index in [0.29, 0.717) is 22.0 Å². The van der Waals surface area contributed by atoms with E-state index in [1.54, 1.807) is 18.2 Å². The first kappa shape index (κ1) is 15.4. The van der Waals surface area contributed by atoms with Gasteiger partial charge in [-0.05, 0) is 41.8 Å². The summed E-state index contributed by atoms with van der Waals surface area (Å²) in [5, 5.41) is 18.9. The molecule has 2 aromatic carbocycles. The minimum absolute atomic E-state index is 0.0408. The first-order chi connectivity index (χ1) is 9.88. The van der Waals surface area contributed by atoms with Gasteiger partial charge < -0.3 is 10.2 Å². The summed E-state index contributed by atoms with van der Waals surface area (Å²) < 4.78 is 0. The zero-order valence-corrected chi connectivity index (χ0v) is 12.1. The topological polar surface area (TPSA) is 74.6 Å². The Morgan fingerprint density at radius 2 is 1.62 bits per heavy atom. The summed E-state index contributed by atoms with van der Waals surface area (Å²) in [5.74, 6) is -2.34. The van der Waals surface area contributed by atoms with Crippen molar-refractivity contribution in [2.75, 3.05) is 0 Å². The van der Waals surface area contributed by atoms with Crippen LogP contribution in [0.25, 0.3) is 0 Å². The molecule has 0 radical (unpaired) electrons. The van der Waals surface area contributed by atoms with Crippen LogP contribution >= 0.6 is 23.2 Å². The summed E-state index contributed by atoms with van der Waals surface area (Å²) in [4.78, 5) is 22.2. The molecule has 0 aliphatic carbocycles. The van der Waals surface area contributed by atoms with E-state index in [1.165, 1.54) is 12.1 Å². The fourth-order valence-corrected chi connectivity index (χ4v) is 2.25. The van der Waals surface area contributed by atoms with Crippen molar-refractivity contribution >= 4 is 35.1 Å². The van der Waals surface area contributed by atoms with Gasteiger partial charge in [-0.3, -0.25) is 0 Å². The van der Waals surface area contributed by atoms with Gasteiger partial charge in [0.05, 0.1) is 21.2 Å². The highest BCUT2D eigenvalue weighted by atomic mass is 35.5. The second-order valence-electron chi connectivity index (χ2n) is 4.41. The van der Waals surface area contributed by atoms with Gasteiger partial charge in [-0.25, -0.2) is 9.59 Å². The maximum atomic E-state index is 11.3. The first-order valence-electron chi connectivity index (χ1n) is 5.92. The summed E-state index contributed by atoms with van der Waals surface area (Å²) in [6.07, 6.45) is 0.318. The van der Waals surface area contributed by atoms with Crippen molar-refractivity contribution in [3.63, 3.8) is 0 Å². The third-order valence-electron chi connectivity index (χ3n) is 2.97. The lowest BCUT2D eigenvalue weighted by atomic mass is 9.97. The monoisotopic (exact) mass is 324 g/mol. The molecule has 0 bridgehead atoms. The number of rotatable bonds is 4. The Kier molecular flexibility index (Phi) is 4.50. The number of hydrogen-bond acceptors (Lipinski definition) is 2. The van der Waals surface area contributed by atoms with Crippen LogP contribution in [-0.2, 0) is 6.42 Å². The van der Waals surface area contributed by atoms with Crippen molar-refractivity contribution in [1.82, 2.24) is 0 Å². The molecule has 0 spiro atoms. The number of benzene rings is 2. The second kappa shape index (κ2) is 6.16. The smallest absolute Gasteiger partial charge is 0.336 e. The quantitative estimate of drug-likeness (QED) is 0.891. The van der Waals surface area contributed by atoms with E-state index < -0.39 is 11.9 Å². The molecule has 0 saturated heterocycles. The molecule has 21 heavy (non-hydrogen) atoms. The van der Waals surface area contributed by atoms with Gasteiger partial charge in [-0.15, -0.1) is 0 Å². The van der Waals surface area contributed by atoms with E-state index in [-0.39, 0.29) is 11.1 Å². The molecule has 0 amide bonds. The molecule has 108 valence electrons. The molecule has 2 N–H and O–H groups in total. The fourth-order valence-electron chi connectivity index (χ4n) is 1.93. The molecule has 2 rings (SSSR count). The summed E-state index contributed by atoms with van der Waals surface area (Å²) in [7, 11) is 0. The van der Waals surface area contributed by atoms with Crippen LogP contribution in [0.4, 0.5) is 0 Å². The van der Waals surface area contributed by atoms with Gasteiger partial charge in [0.25, 0.3) is 0 Å². The minimum Gasteiger partial charge on any atom is -0.478 e. The molecule has 6 heteroatoms. The third kappa shape index (κ3) is 3.54. The van der Waals surface area contributed by atoms with E-state index in [9.17, 15) is 14.7 Å². The van der Waals surface area contributed by atoms with Gasteiger partial charge in [0.1, 0.15) is 0 Å². The van der Waals surface area contributed by atoms with Crippen molar-refractivity contribution < 1.29 is 19.8 Å². The lowest BCUT2D eigenvalue weighted by molar-refractivity contribution is 0.0695. The predicted octanol–water partition coefficient (Wildman–Crippen LogP) is 3.98. The Balaban J connectivity index is 2.41. The maximum Gasteiger partial charge on any atom is 0.336 e. The number of carboxylic acid groups (broad SMARTS) is 2. The van der Waals surface area contributed by atoms with Crippen LogP contribution in [0, 0.1) is 0 Å². The van der Waals surface area contributed by atoms with E-state index in [1.807, 2.05) is 0 Å². The molecule has 0 aliphatic heterocycles. The summed E-state index contributed by atoms with van der Waals surface area (Å²) >= 11 is 11.8. The van der Waals surface area contributed by atoms with Crippen molar-refractivity contribution in [1.29, 1.82) is 0 Å². The molecule has 0 fully saturated rings. The predicted molar refractivity (Wildman–Crippen MR) is 79.6 cm³/mol. The number of aromatic carboxylic acids is 2. The highest BCUT2D eigenvalue weighted by molar-refractivity contribution is 6.42. The molecular formula is C15H10Cl2O4. The van der Waals surface area contributed by atoms with Gasteiger partial charge in [0, 0.05) is 0 Å². The Bertz CT molecular complexity index is 726. The zero-order valence-electron chi connectivity index (χ0n) is 10.6. The van der Waals surface area contributed by atoms with Crippen molar-refractivity contribution in [2.45, 2.75) is 6.42 Å². The Morgan fingerprint density at radius 1 is 0.905 bits per heavy atom.